The molecule has 2 aromatic rings. The zero-order valence-corrected chi connectivity index (χ0v) is 12.5. The van der Waals surface area contributed by atoms with E-state index in [9.17, 15) is 27.2 Å². The van der Waals surface area contributed by atoms with Crippen LogP contribution in [-0.2, 0) is 0 Å². The van der Waals surface area contributed by atoms with E-state index in [2.05, 4.69) is 10.1 Å². The van der Waals surface area contributed by atoms with Crippen molar-refractivity contribution in [2.24, 2.45) is 0 Å². The minimum atomic E-state index is -1.88. The number of halogens is 4. The summed E-state index contributed by atoms with van der Waals surface area (Å²) in [6.07, 6.45) is 0. The molecule has 1 N–H and O–H groups in total. The summed E-state index contributed by atoms with van der Waals surface area (Å²) in [6.45, 7) is 1.29. The van der Waals surface area contributed by atoms with Crippen molar-refractivity contribution >= 4 is 17.4 Å². The minimum Gasteiger partial charge on any atom is -0.491 e. The molecule has 0 saturated heterocycles. The SMILES string of the molecule is COc1c(F)c(F)c(C(=O)Nc2cccc(C(C)=O)c2)c(F)c1F. The molecule has 0 heterocycles. The van der Waals surface area contributed by atoms with Crippen molar-refractivity contribution in [1.82, 2.24) is 0 Å². The molecule has 0 bridgehead atoms. The van der Waals surface area contributed by atoms with Crippen LogP contribution in [0.5, 0.6) is 5.75 Å². The number of carbonyl (C=O) groups excluding carboxylic acids is 2. The highest BCUT2D eigenvalue weighted by molar-refractivity contribution is 6.05. The highest BCUT2D eigenvalue weighted by Gasteiger charge is 2.30. The zero-order chi connectivity index (χ0) is 18.0. The molecule has 4 nitrogen and oxygen atoms in total. The summed E-state index contributed by atoms with van der Waals surface area (Å²) in [7, 11) is 0.827. The molecule has 8 heteroatoms. The van der Waals surface area contributed by atoms with Crippen LogP contribution >= 0.6 is 0 Å². The molecule has 0 saturated carbocycles. The summed E-state index contributed by atoms with van der Waals surface area (Å²) in [6, 6.07) is 5.49. The number of anilines is 1. The second kappa shape index (κ2) is 6.69. The number of methoxy groups -OCH3 is 1. The molecule has 1 amide bonds. The van der Waals surface area contributed by atoms with Crippen LogP contribution in [0.15, 0.2) is 24.3 Å². The number of ketones is 1. The van der Waals surface area contributed by atoms with Gasteiger partial charge in [0, 0.05) is 11.3 Å². The third-order valence-corrected chi connectivity index (χ3v) is 3.18. The maximum Gasteiger partial charge on any atom is 0.261 e. The Morgan fingerprint density at radius 1 is 1.00 bits per heavy atom. The van der Waals surface area contributed by atoms with Crippen LogP contribution in [0, 0.1) is 23.3 Å². The van der Waals surface area contributed by atoms with Gasteiger partial charge in [-0.15, -0.1) is 0 Å². The van der Waals surface area contributed by atoms with Gasteiger partial charge >= 0.3 is 0 Å². The van der Waals surface area contributed by atoms with E-state index < -0.39 is 40.5 Å². The molecule has 2 aromatic carbocycles. The summed E-state index contributed by atoms with van der Waals surface area (Å²) >= 11 is 0. The summed E-state index contributed by atoms with van der Waals surface area (Å²) in [5.41, 5.74) is -1.16. The van der Waals surface area contributed by atoms with Gasteiger partial charge in [-0.1, -0.05) is 12.1 Å². The molecule has 0 fully saturated rings. The monoisotopic (exact) mass is 341 g/mol. The number of benzene rings is 2. The normalized spacial score (nSPS) is 10.4. The number of hydrogen-bond acceptors (Lipinski definition) is 3. The van der Waals surface area contributed by atoms with E-state index in [1.165, 1.54) is 31.2 Å². The van der Waals surface area contributed by atoms with E-state index in [1.54, 1.807) is 0 Å². The lowest BCUT2D eigenvalue weighted by molar-refractivity contribution is 0.100. The van der Waals surface area contributed by atoms with E-state index in [0.717, 1.165) is 7.11 Å². The van der Waals surface area contributed by atoms with Gasteiger partial charge in [-0.05, 0) is 19.1 Å². The highest BCUT2D eigenvalue weighted by Crippen LogP contribution is 2.30. The molecule has 0 aliphatic heterocycles. The van der Waals surface area contributed by atoms with Crippen molar-refractivity contribution in [3.8, 4) is 5.75 Å². The molecule has 0 aliphatic rings. The first-order valence-electron chi connectivity index (χ1n) is 6.60. The summed E-state index contributed by atoms with van der Waals surface area (Å²) in [5, 5.41) is 2.08. The fraction of sp³-hybridized carbons (Fsp3) is 0.125. The Labute approximate surface area is 134 Å². The fourth-order valence-corrected chi connectivity index (χ4v) is 2.00. The van der Waals surface area contributed by atoms with Gasteiger partial charge in [0.05, 0.1) is 7.11 Å². The number of carbonyl (C=O) groups is 2. The van der Waals surface area contributed by atoms with Crippen molar-refractivity contribution in [1.29, 1.82) is 0 Å². The Bertz CT molecular complexity index is 807. The van der Waals surface area contributed by atoms with Gasteiger partial charge < -0.3 is 10.1 Å². The van der Waals surface area contributed by atoms with E-state index >= 15 is 0 Å². The average molecular weight is 341 g/mol. The molecule has 126 valence electrons. The van der Waals surface area contributed by atoms with Gasteiger partial charge in [0.1, 0.15) is 5.56 Å². The molecule has 0 aromatic heterocycles. The van der Waals surface area contributed by atoms with Crippen molar-refractivity contribution in [3.05, 3.63) is 58.7 Å². The third kappa shape index (κ3) is 3.08. The number of amides is 1. The maximum absolute atomic E-state index is 13.9. The lowest BCUT2D eigenvalue weighted by Crippen LogP contribution is -2.19. The van der Waals surface area contributed by atoms with Gasteiger partial charge in [-0.25, -0.2) is 8.78 Å². The van der Waals surface area contributed by atoms with Crippen molar-refractivity contribution in [2.45, 2.75) is 6.92 Å². The topological polar surface area (TPSA) is 55.4 Å². The van der Waals surface area contributed by atoms with E-state index in [-0.39, 0.29) is 17.0 Å². The average Bonchev–Trinajstić information content (AvgIpc) is 2.54. The van der Waals surface area contributed by atoms with E-state index in [0.29, 0.717) is 0 Å². The van der Waals surface area contributed by atoms with E-state index in [4.69, 9.17) is 0 Å². The Balaban J connectivity index is 2.44. The van der Waals surface area contributed by atoms with Gasteiger partial charge in [0.15, 0.2) is 23.2 Å². The van der Waals surface area contributed by atoms with E-state index in [1.807, 2.05) is 0 Å². The summed E-state index contributed by atoms with van der Waals surface area (Å²) in [4.78, 5) is 23.3. The summed E-state index contributed by atoms with van der Waals surface area (Å²) in [5.74, 6) is -10.4. The maximum atomic E-state index is 13.9. The lowest BCUT2D eigenvalue weighted by atomic mass is 10.1. The Kier molecular flexibility index (Phi) is 4.87. The number of nitrogens with one attached hydrogen (secondary N) is 1. The van der Waals surface area contributed by atoms with Crippen LogP contribution in [0.4, 0.5) is 23.2 Å². The quantitative estimate of drug-likeness (QED) is 0.524. The first kappa shape index (κ1) is 17.5. The molecule has 0 aliphatic carbocycles. The molecular weight excluding hydrogens is 330 g/mol. The number of Topliss-reactive ketones (excluding diaryl/α,β-unsaturated/α-hetero) is 1. The first-order chi connectivity index (χ1) is 11.3. The Hall–Kier alpha value is -2.90. The molecule has 2 rings (SSSR count). The van der Waals surface area contributed by atoms with Crippen LogP contribution in [0.1, 0.15) is 27.6 Å². The number of hydrogen-bond donors (Lipinski definition) is 1. The molecule has 0 unspecified atom stereocenters. The van der Waals surface area contributed by atoms with Crippen LogP contribution in [0.3, 0.4) is 0 Å². The Morgan fingerprint density at radius 2 is 1.58 bits per heavy atom. The standard InChI is InChI=1S/C16H11F4NO3/c1-7(22)8-4-3-5-9(6-8)21-16(23)10-11(17)13(19)15(24-2)14(20)12(10)18/h3-6H,1-2H3,(H,21,23). The minimum absolute atomic E-state index is 0.0307. The van der Waals surface area contributed by atoms with Crippen LogP contribution < -0.4 is 10.1 Å². The molecular formula is C16H11F4NO3. The van der Waals surface area contributed by atoms with Gasteiger partial charge in [0.25, 0.3) is 5.91 Å². The third-order valence-electron chi connectivity index (χ3n) is 3.18. The van der Waals surface area contributed by atoms with Gasteiger partial charge in [0.2, 0.25) is 11.6 Å². The van der Waals surface area contributed by atoms with Crippen LogP contribution in [0.2, 0.25) is 0 Å². The fourth-order valence-electron chi connectivity index (χ4n) is 2.00. The molecule has 0 atom stereocenters. The van der Waals surface area contributed by atoms with Crippen molar-refractivity contribution in [2.75, 3.05) is 12.4 Å². The van der Waals surface area contributed by atoms with Gasteiger partial charge in [-0.2, -0.15) is 8.78 Å². The van der Waals surface area contributed by atoms with Crippen LogP contribution in [-0.4, -0.2) is 18.8 Å². The Morgan fingerprint density at radius 3 is 2.08 bits per heavy atom. The summed E-state index contributed by atoms with van der Waals surface area (Å²) < 4.78 is 59.3. The lowest BCUT2D eigenvalue weighted by Gasteiger charge is -2.11. The second-order valence-electron chi connectivity index (χ2n) is 4.76. The zero-order valence-electron chi connectivity index (χ0n) is 12.5. The predicted octanol–water partition coefficient (Wildman–Crippen LogP) is 3.71. The molecule has 0 spiro atoms. The first-order valence-corrected chi connectivity index (χ1v) is 6.60. The number of ether oxygens (including phenoxy) is 1. The molecule has 0 radical (unpaired) electrons. The highest BCUT2D eigenvalue weighted by atomic mass is 19.2. The van der Waals surface area contributed by atoms with Crippen molar-refractivity contribution in [3.63, 3.8) is 0 Å². The van der Waals surface area contributed by atoms with Crippen molar-refractivity contribution < 1.29 is 31.9 Å². The molecule has 24 heavy (non-hydrogen) atoms. The van der Waals surface area contributed by atoms with Crippen LogP contribution in [0.25, 0.3) is 0 Å². The predicted molar refractivity (Wildman–Crippen MR) is 77.2 cm³/mol. The van der Waals surface area contributed by atoms with Gasteiger partial charge in [-0.3, -0.25) is 9.59 Å². The number of rotatable bonds is 4. The smallest absolute Gasteiger partial charge is 0.261 e. The second-order valence-corrected chi connectivity index (χ2v) is 4.76. The largest absolute Gasteiger partial charge is 0.491 e.